The third kappa shape index (κ3) is 10.0. The van der Waals surface area contributed by atoms with Crippen LogP contribution in [0.2, 0.25) is 5.02 Å². The fourth-order valence-corrected chi connectivity index (χ4v) is 5.50. The summed E-state index contributed by atoms with van der Waals surface area (Å²) in [6, 6.07) is 8.67. The van der Waals surface area contributed by atoms with Gasteiger partial charge in [0.05, 0.1) is 31.7 Å². The molecule has 1 heterocycles. The van der Waals surface area contributed by atoms with E-state index in [4.69, 9.17) is 17.3 Å². The monoisotopic (exact) mass is 682 g/mol. The van der Waals surface area contributed by atoms with Crippen LogP contribution < -0.4 is 31.5 Å². The smallest absolute Gasteiger partial charge is 0.253 e. The summed E-state index contributed by atoms with van der Waals surface area (Å²) >= 11 is 6.53. The number of primary amides is 1. The lowest BCUT2D eigenvalue weighted by Gasteiger charge is -2.27. The molecule has 13 heteroatoms. The fourth-order valence-electron chi connectivity index (χ4n) is 5.24. The first-order valence-corrected chi connectivity index (χ1v) is 16.4. The van der Waals surface area contributed by atoms with Gasteiger partial charge < -0.3 is 32.0 Å². The van der Waals surface area contributed by atoms with Gasteiger partial charge in [-0.05, 0) is 48.9 Å². The van der Waals surface area contributed by atoms with E-state index in [0.717, 1.165) is 22.2 Å². The summed E-state index contributed by atoms with van der Waals surface area (Å²) in [5, 5.41) is 12.0. The molecule has 12 nitrogen and oxygen atoms in total. The molecule has 0 aliphatic heterocycles. The molecule has 3 rings (SSSR count). The van der Waals surface area contributed by atoms with Gasteiger partial charge in [0.2, 0.25) is 23.6 Å². The molecular formula is C35H49ClN7O5+. The molecule has 5 amide bonds. The van der Waals surface area contributed by atoms with E-state index in [2.05, 4.69) is 26.3 Å². The second kappa shape index (κ2) is 16.1. The first kappa shape index (κ1) is 38.0. The highest BCUT2D eigenvalue weighted by Gasteiger charge is 2.32. The van der Waals surface area contributed by atoms with Crippen molar-refractivity contribution in [2.24, 2.45) is 17.6 Å². The third-order valence-electron chi connectivity index (χ3n) is 8.06. The Kier molecular flexibility index (Phi) is 12.8. The highest BCUT2D eigenvalue weighted by Crippen LogP contribution is 2.26. The Labute approximate surface area is 287 Å². The molecule has 0 fully saturated rings. The van der Waals surface area contributed by atoms with E-state index in [1.165, 1.54) is 6.92 Å². The predicted octanol–water partition coefficient (Wildman–Crippen LogP) is 3.02. The summed E-state index contributed by atoms with van der Waals surface area (Å²) in [6.45, 7) is 8.79. The average molecular weight is 683 g/mol. The van der Waals surface area contributed by atoms with E-state index in [1.54, 1.807) is 38.2 Å². The van der Waals surface area contributed by atoms with Crippen LogP contribution in [0.25, 0.3) is 10.9 Å². The van der Waals surface area contributed by atoms with E-state index in [0.29, 0.717) is 10.9 Å². The molecular weight excluding hydrogens is 634 g/mol. The van der Waals surface area contributed by atoms with E-state index < -0.39 is 53.7 Å². The van der Waals surface area contributed by atoms with E-state index >= 15 is 0 Å². The van der Waals surface area contributed by atoms with Gasteiger partial charge in [-0.3, -0.25) is 28.5 Å². The molecule has 0 spiro atoms. The molecule has 7 N–H and O–H groups in total. The number of halogens is 1. The molecule has 4 atom stereocenters. The number of fused-ring (bicyclic) bond motifs is 1. The van der Waals surface area contributed by atoms with Crippen LogP contribution in [-0.2, 0) is 25.6 Å². The second-order valence-corrected chi connectivity index (χ2v) is 14.2. The molecule has 0 bridgehead atoms. The van der Waals surface area contributed by atoms with Crippen molar-refractivity contribution >= 4 is 57.7 Å². The van der Waals surface area contributed by atoms with Crippen molar-refractivity contribution in [2.45, 2.75) is 71.6 Å². The number of hydrogen-bond donors (Lipinski definition) is 6. The lowest BCUT2D eigenvalue weighted by molar-refractivity contribution is -0.134. The molecule has 0 unspecified atom stereocenters. The fraction of sp³-hybridized carbons (Fsp3) is 0.457. The zero-order valence-electron chi connectivity index (χ0n) is 28.9. The van der Waals surface area contributed by atoms with Crippen LogP contribution in [0.5, 0.6) is 0 Å². The molecule has 0 saturated heterocycles. The van der Waals surface area contributed by atoms with Crippen LogP contribution in [0, 0.1) is 11.8 Å². The van der Waals surface area contributed by atoms with Gasteiger partial charge in [-0.25, -0.2) is 0 Å². The maximum absolute atomic E-state index is 13.8. The van der Waals surface area contributed by atoms with Crippen molar-refractivity contribution in [3.8, 4) is 0 Å². The summed E-state index contributed by atoms with van der Waals surface area (Å²) in [5.41, 5.74) is 8.25. The van der Waals surface area contributed by atoms with Gasteiger partial charge in [0.1, 0.15) is 29.9 Å². The number of benzene rings is 2. The Hall–Kier alpha value is -4.42. The van der Waals surface area contributed by atoms with Crippen LogP contribution >= 0.6 is 11.6 Å². The zero-order valence-corrected chi connectivity index (χ0v) is 29.7. The molecule has 1 aromatic heterocycles. The van der Waals surface area contributed by atoms with Gasteiger partial charge in [-0.15, -0.1) is 0 Å². The summed E-state index contributed by atoms with van der Waals surface area (Å²) in [7, 11) is 5.93. The Balaban J connectivity index is 1.81. The van der Waals surface area contributed by atoms with E-state index in [-0.39, 0.29) is 28.8 Å². The number of aromatic amines is 1. The Morgan fingerprint density at radius 3 is 2.08 bits per heavy atom. The first-order valence-electron chi connectivity index (χ1n) is 16.1. The number of para-hydroxylation sites is 1. The molecule has 48 heavy (non-hydrogen) atoms. The number of carbonyl (C=O) groups excluding carboxylic acids is 5. The number of quaternary nitrogens is 1. The zero-order chi connectivity index (χ0) is 35.9. The number of amides is 5. The summed E-state index contributed by atoms with van der Waals surface area (Å²) in [6.07, 6.45) is 2.24. The third-order valence-corrected chi connectivity index (χ3v) is 8.37. The molecule has 3 aromatic rings. The van der Waals surface area contributed by atoms with Gasteiger partial charge in [-0.1, -0.05) is 57.5 Å². The lowest BCUT2D eigenvalue weighted by Crippen LogP contribution is -2.59. The molecule has 0 radical (unpaired) electrons. The van der Waals surface area contributed by atoms with Gasteiger partial charge >= 0.3 is 0 Å². The van der Waals surface area contributed by atoms with E-state index in [9.17, 15) is 24.0 Å². The van der Waals surface area contributed by atoms with Crippen LogP contribution in [0.3, 0.4) is 0 Å². The SMILES string of the molecule is CC(C)C[C@H](NC(=O)[C@@H](NC(=O)[C@H](C)NC(=O)[C@H](Cc1c[nH]c2ccccc12)NC(=O)c1ccc([N+](C)(C)C)cc1Cl)C(C)C)C(N)=O. The average Bonchev–Trinajstić information content (AvgIpc) is 3.40. The number of nitrogens with zero attached hydrogens (tertiary/aromatic N) is 1. The molecule has 0 aliphatic rings. The number of hydrogen-bond acceptors (Lipinski definition) is 5. The summed E-state index contributed by atoms with van der Waals surface area (Å²) in [5.74, 6) is -3.24. The largest absolute Gasteiger partial charge is 0.368 e. The Morgan fingerprint density at radius 2 is 1.50 bits per heavy atom. The van der Waals surface area contributed by atoms with Crippen LogP contribution in [0.1, 0.15) is 57.0 Å². The van der Waals surface area contributed by atoms with Gasteiger partial charge in [0, 0.05) is 29.6 Å². The van der Waals surface area contributed by atoms with Gasteiger partial charge in [0.15, 0.2) is 0 Å². The van der Waals surface area contributed by atoms with Crippen LogP contribution in [0.4, 0.5) is 5.69 Å². The standard InChI is InChI=1S/C35H48ClN7O5/c1-19(2)15-28(31(37)44)40-35(48)30(20(3)4)42-32(45)21(5)39-34(47)29(16-22-18-38-27-12-10-9-11-24(22)27)41-33(46)25-14-13-23(17-26(25)36)43(6,7)8/h9-14,17-21,28-30,38H,15-16H2,1-8H3,(H5-,37,39,40,41,42,44,45,46,47,48)/p+1/t21-,28-,29-,30-/m0/s1. The number of rotatable bonds is 15. The number of aromatic nitrogens is 1. The molecule has 0 saturated carbocycles. The second-order valence-electron chi connectivity index (χ2n) is 13.8. The highest BCUT2D eigenvalue weighted by atomic mass is 35.5. The Morgan fingerprint density at radius 1 is 0.833 bits per heavy atom. The number of H-pyrrole nitrogens is 1. The number of nitrogens with two attached hydrogens (primary N) is 1. The van der Waals surface area contributed by atoms with Gasteiger partial charge in [-0.2, -0.15) is 0 Å². The van der Waals surface area contributed by atoms with Gasteiger partial charge in [0.25, 0.3) is 5.91 Å². The van der Waals surface area contributed by atoms with Crippen LogP contribution in [-0.4, -0.2) is 79.8 Å². The van der Waals surface area contributed by atoms with E-state index in [1.807, 2.05) is 59.3 Å². The van der Waals surface area contributed by atoms with Crippen molar-refractivity contribution in [1.29, 1.82) is 0 Å². The first-order chi connectivity index (χ1) is 22.4. The molecule has 0 aliphatic carbocycles. The number of nitrogens with one attached hydrogen (secondary N) is 5. The minimum atomic E-state index is -1.09. The minimum Gasteiger partial charge on any atom is -0.368 e. The summed E-state index contributed by atoms with van der Waals surface area (Å²) in [4.78, 5) is 68.8. The minimum absolute atomic E-state index is 0.0981. The maximum Gasteiger partial charge on any atom is 0.253 e. The van der Waals surface area contributed by atoms with Crippen molar-refractivity contribution in [1.82, 2.24) is 30.7 Å². The van der Waals surface area contributed by atoms with Crippen molar-refractivity contribution in [3.63, 3.8) is 0 Å². The van der Waals surface area contributed by atoms with Crippen molar-refractivity contribution in [3.05, 3.63) is 64.8 Å². The van der Waals surface area contributed by atoms with Crippen molar-refractivity contribution in [2.75, 3.05) is 21.1 Å². The predicted molar refractivity (Wildman–Crippen MR) is 189 cm³/mol. The Bertz CT molecular complexity index is 1650. The normalized spacial score (nSPS) is 14.2. The maximum atomic E-state index is 13.8. The topological polar surface area (TPSA) is 175 Å². The quantitative estimate of drug-likeness (QED) is 0.135. The lowest BCUT2D eigenvalue weighted by atomic mass is 9.99. The summed E-state index contributed by atoms with van der Waals surface area (Å²) < 4.78 is 0.496. The highest BCUT2D eigenvalue weighted by molar-refractivity contribution is 6.34. The number of carbonyl (C=O) groups is 5. The molecule has 2 aromatic carbocycles. The van der Waals surface area contributed by atoms with Crippen LogP contribution in [0.15, 0.2) is 48.7 Å². The van der Waals surface area contributed by atoms with Crippen molar-refractivity contribution < 1.29 is 24.0 Å². The molecule has 260 valence electrons.